The minimum atomic E-state index is -0.000203. The Kier molecular flexibility index (Phi) is 4.22. The van der Waals surface area contributed by atoms with Crippen LogP contribution >= 0.6 is 0 Å². The van der Waals surface area contributed by atoms with E-state index in [0.717, 1.165) is 59.3 Å². The topological polar surface area (TPSA) is 101 Å². The summed E-state index contributed by atoms with van der Waals surface area (Å²) >= 11 is 0. The number of rotatable bonds is 2. The van der Waals surface area contributed by atoms with Gasteiger partial charge in [0.15, 0.2) is 5.69 Å². The molecule has 3 aromatic rings. The Balaban J connectivity index is 1.45. The number of carbonyl (C=O) groups excluding carboxylic acids is 1. The van der Waals surface area contributed by atoms with Crippen LogP contribution in [0.3, 0.4) is 0 Å². The zero-order valence-electron chi connectivity index (χ0n) is 16.9. The van der Waals surface area contributed by atoms with Crippen molar-refractivity contribution in [1.29, 1.82) is 0 Å². The van der Waals surface area contributed by atoms with Gasteiger partial charge in [-0.25, -0.2) is 0 Å². The highest BCUT2D eigenvalue weighted by Gasteiger charge is 2.31. The Morgan fingerprint density at radius 3 is 2.93 bits per heavy atom. The molecule has 3 aromatic heterocycles. The van der Waals surface area contributed by atoms with Crippen molar-refractivity contribution in [3.63, 3.8) is 0 Å². The fraction of sp³-hybridized carbons (Fsp3) is 0.476. The summed E-state index contributed by atoms with van der Waals surface area (Å²) in [7, 11) is 0. The van der Waals surface area contributed by atoms with Gasteiger partial charge in [0.25, 0.3) is 5.91 Å². The van der Waals surface area contributed by atoms with E-state index in [9.17, 15) is 4.79 Å². The number of aromatic nitrogens is 5. The highest BCUT2D eigenvalue weighted by atomic mass is 16.5. The van der Waals surface area contributed by atoms with E-state index in [4.69, 9.17) is 4.52 Å². The van der Waals surface area contributed by atoms with Crippen LogP contribution in [0.15, 0.2) is 10.7 Å². The van der Waals surface area contributed by atoms with Crippen molar-refractivity contribution in [3.8, 4) is 11.4 Å². The van der Waals surface area contributed by atoms with Gasteiger partial charge in [-0.15, -0.1) is 0 Å². The summed E-state index contributed by atoms with van der Waals surface area (Å²) in [6.07, 6.45) is 5.62. The third-order valence-corrected chi connectivity index (χ3v) is 6.09. The Morgan fingerprint density at radius 1 is 1.28 bits per heavy atom. The van der Waals surface area contributed by atoms with Crippen molar-refractivity contribution >= 4 is 5.91 Å². The summed E-state index contributed by atoms with van der Waals surface area (Å²) in [6.45, 7) is 7.12. The van der Waals surface area contributed by atoms with Gasteiger partial charge in [0.05, 0.1) is 0 Å². The molecule has 8 nitrogen and oxygen atoms in total. The second-order valence-corrected chi connectivity index (χ2v) is 8.21. The van der Waals surface area contributed by atoms with E-state index in [1.807, 2.05) is 18.0 Å². The molecule has 4 heterocycles. The number of nitrogens with zero attached hydrogens (tertiary/aromatic N) is 5. The number of pyridine rings is 1. The van der Waals surface area contributed by atoms with E-state index >= 15 is 0 Å². The van der Waals surface area contributed by atoms with Crippen LogP contribution in [0.25, 0.3) is 11.4 Å². The van der Waals surface area contributed by atoms with Gasteiger partial charge in [-0.05, 0) is 49.7 Å². The maximum absolute atomic E-state index is 13.3. The fourth-order valence-electron chi connectivity index (χ4n) is 4.52. The molecule has 0 spiro atoms. The number of amides is 1. The second kappa shape index (κ2) is 6.79. The van der Waals surface area contributed by atoms with Crippen LogP contribution in [-0.2, 0) is 25.8 Å². The standard InChI is InChI=1S/C21H24N6O2/c1-11-4-5-17-16(8-11)19(25-24-17)21(28)27-7-6-15-14(10-27)9-22-12(2)18(15)20-23-13(3)29-26-20/h9,11H,4-8,10H2,1-3H3,(H,24,25). The summed E-state index contributed by atoms with van der Waals surface area (Å²) in [5.41, 5.74) is 6.80. The van der Waals surface area contributed by atoms with Crippen molar-refractivity contribution in [3.05, 3.63) is 45.9 Å². The van der Waals surface area contributed by atoms with Gasteiger partial charge in [-0.3, -0.25) is 14.9 Å². The predicted molar refractivity (Wildman–Crippen MR) is 105 cm³/mol. The molecule has 150 valence electrons. The molecule has 5 rings (SSSR count). The minimum absolute atomic E-state index is 0.000203. The number of H-pyrrole nitrogens is 1. The molecule has 29 heavy (non-hydrogen) atoms. The summed E-state index contributed by atoms with van der Waals surface area (Å²) < 4.78 is 5.17. The van der Waals surface area contributed by atoms with Crippen LogP contribution < -0.4 is 0 Å². The Labute approximate surface area is 168 Å². The first-order chi connectivity index (χ1) is 14.0. The number of carbonyl (C=O) groups is 1. The van der Waals surface area contributed by atoms with E-state index < -0.39 is 0 Å². The van der Waals surface area contributed by atoms with Crippen molar-refractivity contribution in [2.75, 3.05) is 6.54 Å². The van der Waals surface area contributed by atoms with E-state index in [0.29, 0.717) is 36.4 Å². The summed E-state index contributed by atoms with van der Waals surface area (Å²) in [6, 6.07) is 0. The molecule has 2 aliphatic rings. The smallest absolute Gasteiger partial charge is 0.274 e. The van der Waals surface area contributed by atoms with Crippen LogP contribution in [0.2, 0.25) is 0 Å². The average molecular weight is 392 g/mol. The largest absolute Gasteiger partial charge is 0.339 e. The van der Waals surface area contributed by atoms with Gasteiger partial charge in [-0.1, -0.05) is 12.1 Å². The summed E-state index contributed by atoms with van der Waals surface area (Å²) in [4.78, 5) is 24.1. The van der Waals surface area contributed by atoms with Gasteiger partial charge in [0, 0.05) is 48.7 Å². The molecule has 1 aliphatic heterocycles. The molecule has 1 amide bonds. The zero-order chi connectivity index (χ0) is 20.1. The Bertz CT molecular complexity index is 1100. The van der Waals surface area contributed by atoms with Crippen molar-refractivity contribution < 1.29 is 9.32 Å². The lowest BCUT2D eigenvalue weighted by Gasteiger charge is -2.30. The van der Waals surface area contributed by atoms with Crippen LogP contribution in [0, 0.1) is 19.8 Å². The molecule has 0 bridgehead atoms. The lowest BCUT2D eigenvalue weighted by atomic mass is 9.87. The van der Waals surface area contributed by atoms with Gasteiger partial charge in [0.2, 0.25) is 11.7 Å². The van der Waals surface area contributed by atoms with Crippen LogP contribution in [0.4, 0.5) is 0 Å². The van der Waals surface area contributed by atoms with E-state index in [-0.39, 0.29) is 5.91 Å². The third-order valence-electron chi connectivity index (χ3n) is 6.09. The van der Waals surface area contributed by atoms with E-state index in [2.05, 4.69) is 32.2 Å². The van der Waals surface area contributed by atoms with Crippen LogP contribution in [-0.4, -0.2) is 42.7 Å². The lowest BCUT2D eigenvalue weighted by Crippen LogP contribution is -2.37. The Morgan fingerprint density at radius 2 is 2.14 bits per heavy atom. The Hall–Kier alpha value is -3.03. The lowest BCUT2D eigenvalue weighted by molar-refractivity contribution is 0.0727. The molecular weight excluding hydrogens is 368 g/mol. The first-order valence-corrected chi connectivity index (χ1v) is 10.1. The van der Waals surface area contributed by atoms with Gasteiger partial charge in [-0.2, -0.15) is 10.1 Å². The average Bonchev–Trinajstić information content (AvgIpc) is 3.32. The first kappa shape index (κ1) is 18.0. The molecule has 1 unspecified atom stereocenters. The summed E-state index contributed by atoms with van der Waals surface area (Å²) in [5.74, 6) is 1.68. The number of nitrogens with one attached hydrogen (secondary N) is 1. The molecule has 1 N–H and O–H groups in total. The highest BCUT2D eigenvalue weighted by molar-refractivity contribution is 5.94. The molecule has 0 fully saturated rings. The molecule has 0 saturated heterocycles. The molecule has 1 atom stereocenters. The van der Waals surface area contributed by atoms with Crippen molar-refractivity contribution in [1.82, 2.24) is 30.2 Å². The minimum Gasteiger partial charge on any atom is -0.339 e. The van der Waals surface area contributed by atoms with E-state index in [1.165, 1.54) is 0 Å². The normalized spacial score (nSPS) is 18.4. The molecule has 0 radical (unpaired) electrons. The van der Waals surface area contributed by atoms with Crippen molar-refractivity contribution in [2.45, 2.75) is 53.0 Å². The molecule has 8 heteroatoms. The SMILES string of the molecule is Cc1nc(-c2c(C)ncc3c2CCN(C(=O)c2n[nH]c4c2CC(C)CC4)C3)no1. The highest BCUT2D eigenvalue weighted by Crippen LogP contribution is 2.32. The second-order valence-electron chi connectivity index (χ2n) is 8.21. The van der Waals surface area contributed by atoms with E-state index in [1.54, 1.807) is 6.92 Å². The van der Waals surface area contributed by atoms with Gasteiger partial charge in [0.1, 0.15) is 0 Å². The zero-order valence-corrected chi connectivity index (χ0v) is 16.9. The van der Waals surface area contributed by atoms with Crippen LogP contribution in [0.5, 0.6) is 0 Å². The molecule has 1 aliphatic carbocycles. The number of aromatic amines is 1. The van der Waals surface area contributed by atoms with Gasteiger partial charge < -0.3 is 9.42 Å². The third kappa shape index (κ3) is 3.03. The quantitative estimate of drug-likeness (QED) is 0.720. The predicted octanol–water partition coefficient (Wildman–Crippen LogP) is 2.79. The fourth-order valence-corrected chi connectivity index (χ4v) is 4.52. The molecule has 0 saturated carbocycles. The molecular formula is C21H24N6O2. The number of fused-ring (bicyclic) bond motifs is 2. The first-order valence-electron chi connectivity index (χ1n) is 10.1. The van der Waals surface area contributed by atoms with Gasteiger partial charge >= 0.3 is 0 Å². The summed E-state index contributed by atoms with van der Waals surface area (Å²) in [5, 5.41) is 11.6. The van der Waals surface area contributed by atoms with Crippen molar-refractivity contribution in [2.24, 2.45) is 5.92 Å². The maximum Gasteiger partial charge on any atom is 0.274 e. The number of hydrogen-bond acceptors (Lipinski definition) is 6. The molecule has 0 aromatic carbocycles. The number of hydrogen-bond donors (Lipinski definition) is 1. The maximum atomic E-state index is 13.3. The van der Waals surface area contributed by atoms with Crippen LogP contribution in [0.1, 0.15) is 57.8 Å². The number of aryl methyl sites for hydroxylation is 3. The monoisotopic (exact) mass is 392 g/mol.